The van der Waals surface area contributed by atoms with Crippen LogP contribution >= 0.6 is 0 Å². The summed E-state index contributed by atoms with van der Waals surface area (Å²) >= 11 is 0. The number of amides is 2. The molecule has 0 spiro atoms. The maximum Gasteiger partial charge on any atom is 0.257 e. The van der Waals surface area contributed by atoms with Crippen molar-refractivity contribution in [3.63, 3.8) is 0 Å². The van der Waals surface area contributed by atoms with Crippen molar-refractivity contribution in [2.24, 2.45) is 17.6 Å². The number of nitriles is 1. The average Bonchev–Trinajstić information content (AvgIpc) is 3.14. The van der Waals surface area contributed by atoms with Crippen LogP contribution in [0.5, 0.6) is 0 Å². The predicted octanol–water partition coefficient (Wildman–Crippen LogP) is 1.44. The van der Waals surface area contributed by atoms with Crippen molar-refractivity contribution in [2.75, 3.05) is 18.5 Å². The van der Waals surface area contributed by atoms with Crippen molar-refractivity contribution in [2.45, 2.75) is 38.0 Å². The number of benzene rings is 1. The van der Waals surface area contributed by atoms with E-state index in [-0.39, 0.29) is 17.9 Å². The van der Waals surface area contributed by atoms with E-state index in [9.17, 15) is 9.59 Å². The molecule has 3 N–H and O–H groups in total. The van der Waals surface area contributed by atoms with Crippen LogP contribution in [-0.4, -0.2) is 42.1 Å². The summed E-state index contributed by atoms with van der Waals surface area (Å²) in [6, 6.07) is 7.05. The maximum absolute atomic E-state index is 13.1. The number of nitrogens with two attached hydrogens (primary N) is 1. The van der Waals surface area contributed by atoms with Gasteiger partial charge in [0.2, 0.25) is 5.91 Å². The van der Waals surface area contributed by atoms with Crippen molar-refractivity contribution >= 4 is 17.5 Å². The van der Waals surface area contributed by atoms with Crippen LogP contribution in [0.2, 0.25) is 0 Å². The van der Waals surface area contributed by atoms with Gasteiger partial charge >= 0.3 is 0 Å². The van der Waals surface area contributed by atoms with Gasteiger partial charge in [0.05, 0.1) is 29.2 Å². The molecule has 2 amide bonds. The molecule has 1 aromatic carbocycles. The zero-order valence-electron chi connectivity index (χ0n) is 14.5. The van der Waals surface area contributed by atoms with Gasteiger partial charge in [-0.15, -0.1) is 0 Å². The highest BCUT2D eigenvalue weighted by Gasteiger charge is 2.45. The van der Waals surface area contributed by atoms with E-state index in [0.717, 1.165) is 25.9 Å². The summed E-state index contributed by atoms with van der Waals surface area (Å²) in [4.78, 5) is 26.9. The van der Waals surface area contributed by atoms with Crippen LogP contribution in [0.3, 0.4) is 0 Å². The lowest BCUT2D eigenvalue weighted by molar-refractivity contribution is -0.125. The van der Waals surface area contributed by atoms with E-state index in [0.29, 0.717) is 29.8 Å². The maximum atomic E-state index is 13.1. The van der Waals surface area contributed by atoms with E-state index >= 15 is 0 Å². The van der Waals surface area contributed by atoms with Crippen LogP contribution in [0, 0.1) is 23.2 Å². The van der Waals surface area contributed by atoms with Crippen LogP contribution < -0.4 is 11.1 Å². The molecule has 0 aromatic heterocycles. The molecule has 7 heteroatoms. The summed E-state index contributed by atoms with van der Waals surface area (Å²) in [6.45, 7) is 1.35. The Morgan fingerprint density at radius 2 is 2.31 bits per heavy atom. The Balaban J connectivity index is 1.62. The minimum atomic E-state index is -0.442. The lowest BCUT2D eigenvalue weighted by atomic mass is 9.81. The van der Waals surface area contributed by atoms with Gasteiger partial charge < -0.3 is 20.7 Å². The van der Waals surface area contributed by atoms with E-state index in [2.05, 4.69) is 11.4 Å². The number of fused-ring (bicyclic) bond motifs is 2. The topological polar surface area (TPSA) is 108 Å². The minimum absolute atomic E-state index is 0.149. The fraction of sp³-hybridized carbons (Fsp3) is 0.526. The SMILES string of the molecule is N#Cc1ccc2c(c1)C(=O)N1CC(CC3CCCO3)CC(C(N)=O)C1N2. The number of rotatable bonds is 3. The summed E-state index contributed by atoms with van der Waals surface area (Å²) in [6.07, 6.45) is 3.36. The first kappa shape index (κ1) is 16.9. The van der Waals surface area contributed by atoms with E-state index in [1.54, 1.807) is 23.1 Å². The molecule has 3 aliphatic heterocycles. The van der Waals surface area contributed by atoms with Crippen LogP contribution in [-0.2, 0) is 9.53 Å². The number of ether oxygens (including phenoxy) is 1. The van der Waals surface area contributed by atoms with Gasteiger partial charge in [0.15, 0.2) is 0 Å². The van der Waals surface area contributed by atoms with Crippen molar-refractivity contribution in [3.05, 3.63) is 29.3 Å². The number of hydrogen-bond donors (Lipinski definition) is 2. The second-order valence-electron chi connectivity index (χ2n) is 7.40. The molecular weight excluding hydrogens is 332 g/mol. The summed E-state index contributed by atoms with van der Waals surface area (Å²) in [5.41, 5.74) is 7.23. The predicted molar refractivity (Wildman–Crippen MR) is 94.0 cm³/mol. The van der Waals surface area contributed by atoms with Crippen LogP contribution in [0.25, 0.3) is 0 Å². The number of anilines is 1. The molecule has 2 fully saturated rings. The van der Waals surface area contributed by atoms with Gasteiger partial charge in [-0.3, -0.25) is 9.59 Å². The van der Waals surface area contributed by atoms with Gasteiger partial charge in [-0.05, 0) is 49.8 Å². The molecule has 4 rings (SSSR count). The Morgan fingerprint density at radius 3 is 3.00 bits per heavy atom. The van der Waals surface area contributed by atoms with Crippen LogP contribution in [0.15, 0.2) is 18.2 Å². The number of carbonyl (C=O) groups is 2. The largest absolute Gasteiger partial charge is 0.378 e. The number of carbonyl (C=O) groups excluding carboxylic acids is 2. The highest BCUT2D eigenvalue weighted by molar-refractivity contribution is 6.02. The van der Waals surface area contributed by atoms with Crippen molar-refractivity contribution in [1.82, 2.24) is 4.90 Å². The summed E-state index contributed by atoms with van der Waals surface area (Å²) in [7, 11) is 0. The van der Waals surface area contributed by atoms with E-state index in [4.69, 9.17) is 15.7 Å². The lowest BCUT2D eigenvalue weighted by Gasteiger charge is -2.47. The number of nitrogens with one attached hydrogen (secondary N) is 1. The van der Waals surface area contributed by atoms with Crippen LogP contribution in [0.1, 0.15) is 41.6 Å². The molecule has 0 aliphatic carbocycles. The molecule has 0 saturated carbocycles. The third-order valence-corrected chi connectivity index (χ3v) is 5.69. The average molecular weight is 354 g/mol. The number of nitrogens with zero attached hydrogens (tertiary/aromatic N) is 2. The van der Waals surface area contributed by atoms with E-state index in [1.165, 1.54) is 0 Å². The molecule has 4 unspecified atom stereocenters. The van der Waals surface area contributed by atoms with Gasteiger partial charge in [0.1, 0.15) is 6.17 Å². The fourth-order valence-electron chi connectivity index (χ4n) is 4.43. The van der Waals surface area contributed by atoms with Crippen molar-refractivity contribution < 1.29 is 14.3 Å². The normalized spacial score (nSPS) is 30.1. The summed E-state index contributed by atoms with van der Waals surface area (Å²) < 4.78 is 5.73. The summed E-state index contributed by atoms with van der Waals surface area (Å²) in [5.74, 6) is -0.806. The zero-order valence-corrected chi connectivity index (χ0v) is 14.5. The van der Waals surface area contributed by atoms with Gasteiger partial charge in [-0.2, -0.15) is 5.26 Å². The first-order valence-electron chi connectivity index (χ1n) is 9.09. The molecule has 3 aliphatic rings. The Hall–Kier alpha value is -2.59. The molecule has 2 saturated heterocycles. The highest BCUT2D eigenvalue weighted by atomic mass is 16.5. The fourth-order valence-corrected chi connectivity index (χ4v) is 4.43. The van der Waals surface area contributed by atoms with Crippen LogP contribution in [0.4, 0.5) is 5.69 Å². The molecule has 1 aromatic rings. The molecule has 3 heterocycles. The molecule has 0 bridgehead atoms. The Kier molecular flexibility index (Phi) is 4.29. The highest BCUT2D eigenvalue weighted by Crippen LogP contribution is 2.37. The second-order valence-corrected chi connectivity index (χ2v) is 7.40. The lowest BCUT2D eigenvalue weighted by Crippen LogP contribution is -2.60. The van der Waals surface area contributed by atoms with Gasteiger partial charge in [0, 0.05) is 18.8 Å². The smallest absolute Gasteiger partial charge is 0.257 e. The third-order valence-electron chi connectivity index (χ3n) is 5.69. The molecule has 26 heavy (non-hydrogen) atoms. The summed E-state index contributed by atoms with van der Waals surface area (Å²) in [5, 5.41) is 12.4. The van der Waals surface area contributed by atoms with Gasteiger partial charge in [0.25, 0.3) is 5.91 Å². The van der Waals surface area contributed by atoms with E-state index < -0.39 is 18.0 Å². The third kappa shape index (κ3) is 2.90. The number of piperidine rings is 1. The minimum Gasteiger partial charge on any atom is -0.378 e. The zero-order chi connectivity index (χ0) is 18.3. The Morgan fingerprint density at radius 1 is 1.46 bits per heavy atom. The quantitative estimate of drug-likeness (QED) is 0.854. The molecule has 4 atom stereocenters. The van der Waals surface area contributed by atoms with Gasteiger partial charge in [-0.25, -0.2) is 0 Å². The number of primary amides is 1. The second kappa shape index (κ2) is 6.61. The Labute approximate surface area is 152 Å². The molecule has 136 valence electrons. The van der Waals surface area contributed by atoms with Crippen molar-refractivity contribution in [3.8, 4) is 6.07 Å². The molecule has 7 nitrogen and oxygen atoms in total. The number of hydrogen-bond acceptors (Lipinski definition) is 5. The van der Waals surface area contributed by atoms with E-state index in [1.807, 2.05) is 0 Å². The molecule has 0 radical (unpaired) electrons. The Bertz CT molecular complexity index is 781. The van der Waals surface area contributed by atoms with Gasteiger partial charge in [-0.1, -0.05) is 0 Å². The van der Waals surface area contributed by atoms with Crippen molar-refractivity contribution in [1.29, 1.82) is 5.26 Å². The standard InChI is InChI=1S/C19H22N4O3/c20-9-11-3-4-16-14(7-11)19(25)23-10-12(6-13-2-1-5-26-13)8-15(17(21)24)18(23)22-16/h3-4,7,12-13,15,18,22H,1-2,5-6,8,10H2,(H2,21,24). The molecular formula is C19H22N4O3. The first-order valence-corrected chi connectivity index (χ1v) is 9.09. The monoisotopic (exact) mass is 354 g/mol. The first-order chi connectivity index (χ1) is 12.6.